The molecule has 0 spiro atoms. The lowest BCUT2D eigenvalue weighted by atomic mass is 10.2. The normalized spacial score (nSPS) is 11.1. The van der Waals surface area contributed by atoms with Gasteiger partial charge in [0.25, 0.3) is 5.56 Å². The first-order valence-corrected chi connectivity index (χ1v) is 7.79. The first kappa shape index (κ1) is 16.0. The number of rotatable bonds is 5. The molecule has 0 saturated heterocycles. The summed E-state index contributed by atoms with van der Waals surface area (Å²) in [4.78, 5) is 28.4. The molecular formula is C17H20N4O3. The van der Waals surface area contributed by atoms with Gasteiger partial charge in [-0.15, -0.1) is 0 Å². The highest BCUT2D eigenvalue weighted by atomic mass is 16.5. The van der Waals surface area contributed by atoms with E-state index in [1.807, 2.05) is 31.2 Å². The Kier molecular flexibility index (Phi) is 4.24. The summed E-state index contributed by atoms with van der Waals surface area (Å²) in [6, 6.07) is 7.88. The topological polar surface area (TPSA) is 71.1 Å². The Labute approximate surface area is 138 Å². The van der Waals surface area contributed by atoms with Gasteiger partial charge in [0.1, 0.15) is 5.75 Å². The second-order valence-corrected chi connectivity index (χ2v) is 5.83. The third-order valence-electron chi connectivity index (χ3n) is 4.02. The molecule has 0 fully saturated rings. The molecular weight excluding hydrogens is 308 g/mol. The predicted molar refractivity (Wildman–Crippen MR) is 91.5 cm³/mol. The number of aryl methyl sites for hydroxylation is 3. The zero-order chi connectivity index (χ0) is 17.3. The van der Waals surface area contributed by atoms with Crippen LogP contribution in [-0.2, 0) is 20.6 Å². The maximum Gasteiger partial charge on any atom is 0.332 e. The summed E-state index contributed by atoms with van der Waals surface area (Å²) in [5.74, 6) is 0.837. The maximum atomic E-state index is 12.3. The molecule has 7 nitrogen and oxygen atoms in total. The molecule has 1 aromatic carbocycles. The molecule has 126 valence electrons. The van der Waals surface area contributed by atoms with Gasteiger partial charge in [0, 0.05) is 20.6 Å². The molecule has 0 radical (unpaired) electrons. The summed E-state index contributed by atoms with van der Waals surface area (Å²) in [6.45, 7) is 3.15. The lowest BCUT2D eigenvalue weighted by Gasteiger charge is -2.08. The van der Waals surface area contributed by atoms with E-state index in [2.05, 4.69) is 4.98 Å². The van der Waals surface area contributed by atoms with E-state index >= 15 is 0 Å². The Hall–Kier alpha value is -2.83. The molecule has 0 unspecified atom stereocenters. The molecule has 0 amide bonds. The third-order valence-corrected chi connectivity index (χ3v) is 4.02. The summed E-state index contributed by atoms with van der Waals surface area (Å²) in [7, 11) is 3.09. The summed E-state index contributed by atoms with van der Waals surface area (Å²) >= 11 is 0. The number of benzene rings is 1. The minimum Gasteiger partial charge on any atom is -0.494 e. The monoisotopic (exact) mass is 328 g/mol. The van der Waals surface area contributed by atoms with E-state index in [1.165, 1.54) is 11.6 Å². The molecule has 2 aromatic heterocycles. The van der Waals surface area contributed by atoms with E-state index in [4.69, 9.17) is 4.74 Å². The third kappa shape index (κ3) is 2.84. The largest absolute Gasteiger partial charge is 0.494 e. The predicted octanol–water partition coefficient (Wildman–Crippen LogP) is 1.21. The van der Waals surface area contributed by atoms with Crippen LogP contribution in [0.2, 0.25) is 0 Å². The zero-order valence-electron chi connectivity index (χ0n) is 14.0. The van der Waals surface area contributed by atoms with Crippen molar-refractivity contribution in [3.8, 4) is 5.75 Å². The van der Waals surface area contributed by atoms with Crippen molar-refractivity contribution in [2.75, 3.05) is 6.61 Å². The molecule has 0 aliphatic heterocycles. The highest BCUT2D eigenvalue weighted by Crippen LogP contribution is 2.13. The minimum absolute atomic E-state index is 0.329. The van der Waals surface area contributed by atoms with Crippen molar-refractivity contribution in [1.29, 1.82) is 0 Å². The average molecular weight is 328 g/mol. The molecule has 0 aliphatic carbocycles. The molecule has 7 heteroatoms. The van der Waals surface area contributed by atoms with Crippen molar-refractivity contribution in [3.63, 3.8) is 0 Å². The quantitative estimate of drug-likeness (QED) is 0.660. The fourth-order valence-corrected chi connectivity index (χ4v) is 2.70. The van der Waals surface area contributed by atoms with Gasteiger partial charge in [-0.05, 0) is 31.0 Å². The van der Waals surface area contributed by atoms with Crippen molar-refractivity contribution < 1.29 is 4.74 Å². The molecule has 0 bridgehead atoms. The number of fused-ring (bicyclic) bond motifs is 1. The SMILES string of the molecule is Cc1cccc(OCCCn2cnc3c2c(=O)n(C)c(=O)n3C)c1. The highest BCUT2D eigenvalue weighted by molar-refractivity contribution is 5.69. The molecule has 3 rings (SSSR count). The molecule has 24 heavy (non-hydrogen) atoms. The second kappa shape index (κ2) is 6.35. The Morgan fingerprint density at radius 3 is 2.71 bits per heavy atom. The summed E-state index contributed by atoms with van der Waals surface area (Å²) in [5.41, 5.74) is 1.29. The Bertz CT molecular complexity index is 997. The molecule has 0 aliphatic rings. The Balaban J connectivity index is 1.75. The summed E-state index contributed by atoms with van der Waals surface area (Å²) in [6.07, 6.45) is 2.32. The van der Waals surface area contributed by atoms with Crippen LogP contribution in [0, 0.1) is 6.92 Å². The van der Waals surface area contributed by atoms with E-state index in [0.29, 0.717) is 24.3 Å². The maximum absolute atomic E-state index is 12.3. The summed E-state index contributed by atoms with van der Waals surface area (Å²) in [5, 5.41) is 0. The summed E-state index contributed by atoms with van der Waals surface area (Å²) < 4.78 is 9.98. The number of hydrogen-bond donors (Lipinski definition) is 0. The number of imidazole rings is 1. The van der Waals surface area contributed by atoms with Crippen LogP contribution in [0.4, 0.5) is 0 Å². The second-order valence-electron chi connectivity index (χ2n) is 5.83. The van der Waals surface area contributed by atoms with E-state index in [0.717, 1.165) is 22.3 Å². The van der Waals surface area contributed by atoms with Crippen LogP contribution in [0.3, 0.4) is 0 Å². The molecule has 0 atom stereocenters. The van der Waals surface area contributed by atoms with Crippen molar-refractivity contribution in [1.82, 2.24) is 18.7 Å². The standard InChI is InChI=1S/C17H20N4O3/c1-12-6-4-7-13(10-12)24-9-5-8-21-11-18-15-14(21)16(22)20(3)17(23)19(15)2/h4,6-7,10-11H,5,8-9H2,1-3H3. The van der Waals surface area contributed by atoms with Gasteiger partial charge in [-0.1, -0.05) is 12.1 Å². The number of hydrogen-bond acceptors (Lipinski definition) is 4. The van der Waals surface area contributed by atoms with Gasteiger partial charge in [0.05, 0.1) is 12.9 Å². The smallest absolute Gasteiger partial charge is 0.332 e. The van der Waals surface area contributed by atoms with Gasteiger partial charge < -0.3 is 9.30 Å². The van der Waals surface area contributed by atoms with Crippen molar-refractivity contribution in [3.05, 3.63) is 57.0 Å². The molecule has 3 aromatic rings. The highest BCUT2D eigenvalue weighted by Gasteiger charge is 2.13. The van der Waals surface area contributed by atoms with Crippen LogP contribution >= 0.6 is 0 Å². The number of aromatic nitrogens is 4. The lowest BCUT2D eigenvalue weighted by Crippen LogP contribution is -2.37. The van der Waals surface area contributed by atoms with E-state index in [1.54, 1.807) is 17.9 Å². The van der Waals surface area contributed by atoms with E-state index in [-0.39, 0.29) is 11.2 Å². The van der Waals surface area contributed by atoms with Crippen LogP contribution in [0.1, 0.15) is 12.0 Å². The molecule has 0 N–H and O–H groups in total. The van der Waals surface area contributed by atoms with Gasteiger partial charge in [0.2, 0.25) is 0 Å². The number of nitrogens with zero attached hydrogens (tertiary/aromatic N) is 4. The van der Waals surface area contributed by atoms with Crippen LogP contribution < -0.4 is 16.0 Å². The molecule has 0 saturated carbocycles. The van der Waals surface area contributed by atoms with Gasteiger partial charge in [-0.2, -0.15) is 0 Å². The van der Waals surface area contributed by atoms with Crippen LogP contribution in [0.5, 0.6) is 5.75 Å². The Morgan fingerprint density at radius 1 is 1.17 bits per heavy atom. The molecule has 2 heterocycles. The van der Waals surface area contributed by atoms with Crippen LogP contribution in [0.15, 0.2) is 40.2 Å². The zero-order valence-corrected chi connectivity index (χ0v) is 14.0. The van der Waals surface area contributed by atoms with Crippen LogP contribution in [0.25, 0.3) is 11.2 Å². The fraction of sp³-hybridized carbons (Fsp3) is 0.353. The van der Waals surface area contributed by atoms with Crippen molar-refractivity contribution in [2.45, 2.75) is 19.9 Å². The average Bonchev–Trinajstić information content (AvgIpc) is 2.99. The van der Waals surface area contributed by atoms with Gasteiger partial charge >= 0.3 is 5.69 Å². The van der Waals surface area contributed by atoms with E-state index < -0.39 is 0 Å². The fourth-order valence-electron chi connectivity index (χ4n) is 2.70. The van der Waals surface area contributed by atoms with Gasteiger partial charge in [0.15, 0.2) is 11.2 Å². The van der Waals surface area contributed by atoms with Gasteiger partial charge in [-0.3, -0.25) is 13.9 Å². The lowest BCUT2D eigenvalue weighted by molar-refractivity contribution is 0.302. The number of ether oxygens (including phenoxy) is 1. The van der Waals surface area contributed by atoms with E-state index in [9.17, 15) is 9.59 Å². The van der Waals surface area contributed by atoms with Crippen molar-refractivity contribution in [2.24, 2.45) is 14.1 Å². The minimum atomic E-state index is -0.375. The van der Waals surface area contributed by atoms with Crippen molar-refractivity contribution >= 4 is 11.2 Å². The van der Waals surface area contributed by atoms with Gasteiger partial charge in [-0.25, -0.2) is 9.78 Å². The van der Waals surface area contributed by atoms with Crippen LogP contribution in [-0.4, -0.2) is 25.3 Å². The first-order chi connectivity index (χ1) is 11.5. The Morgan fingerprint density at radius 2 is 1.96 bits per heavy atom. The first-order valence-electron chi connectivity index (χ1n) is 7.79.